The Morgan fingerprint density at radius 1 is 0.867 bits per heavy atom. The number of rotatable bonds is 5. The zero-order chi connectivity index (χ0) is 22.5. The van der Waals surface area contributed by atoms with Crippen LogP contribution in [-0.2, 0) is 20.5 Å². The summed E-state index contributed by atoms with van der Waals surface area (Å²) >= 11 is 0. The van der Waals surface area contributed by atoms with E-state index in [9.17, 15) is 40.7 Å². The normalized spacial score (nSPS) is 11.5. The summed E-state index contributed by atoms with van der Waals surface area (Å²) in [7, 11) is 0. The minimum absolute atomic E-state index is 0.293. The zero-order valence-corrected chi connectivity index (χ0v) is 14.7. The number of carbonyl (C=O) groups excluding carboxylic acids is 3. The maximum absolute atomic E-state index is 12.9. The molecule has 0 aliphatic carbocycles. The Balaban J connectivity index is 1.99. The van der Waals surface area contributed by atoms with Crippen LogP contribution in [0.5, 0.6) is 0 Å². The third kappa shape index (κ3) is 6.22. The van der Waals surface area contributed by atoms with Crippen LogP contribution in [0.4, 0.5) is 37.7 Å². The van der Waals surface area contributed by atoms with Gasteiger partial charge < -0.3 is 15.4 Å². The average Bonchev–Trinajstić information content (AvgIpc) is 2.65. The van der Waals surface area contributed by atoms with Crippen molar-refractivity contribution in [2.24, 2.45) is 0 Å². The number of nitrogens with one attached hydrogen (secondary N) is 2. The smallest absolute Gasteiger partial charge is 0.452 e. The van der Waals surface area contributed by atoms with Gasteiger partial charge in [-0.1, -0.05) is 18.2 Å². The van der Waals surface area contributed by atoms with Gasteiger partial charge >= 0.3 is 24.2 Å². The highest BCUT2D eigenvalue weighted by Gasteiger charge is 2.38. The summed E-state index contributed by atoms with van der Waals surface area (Å²) in [5.74, 6) is -4.46. The summed E-state index contributed by atoms with van der Waals surface area (Å²) in [6, 6.07) is 8.41. The summed E-state index contributed by atoms with van der Waals surface area (Å²) in [4.78, 5) is 34.7. The van der Waals surface area contributed by atoms with Crippen LogP contribution in [0.2, 0.25) is 0 Å². The van der Waals surface area contributed by atoms with E-state index in [1.54, 1.807) is 0 Å². The summed E-state index contributed by atoms with van der Waals surface area (Å²) in [5, 5.41) is 3.50. The number of hydrogen-bond acceptors (Lipinski definition) is 4. The summed E-state index contributed by atoms with van der Waals surface area (Å²) in [5.41, 5.74) is -2.28. The number of esters is 1. The molecule has 160 valence electrons. The van der Waals surface area contributed by atoms with E-state index in [0.29, 0.717) is 0 Å². The van der Waals surface area contributed by atoms with Crippen molar-refractivity contribution >= 4 is 29.2 Å². The van der Waals surface area contributed by atoms with Gasteiger partial charge in [0, 0.05) is 5.69 Å². The summed E-state index contributed by atoms with van der Waals surface area (Å²) in [6.07, 6.45) is -9.86. The van der Waals surface area contributed by atoms with Gasteiger partial charge in [-0.05, 0) is 30.3 Å². The standard InChI is InChI=1S/C18H12F6N2O4/c19-17(20,21)12-6-1-2-7-13(12)26-14(27)9-30-15(28)10-4-3-5-11(8-10)25-16(29)18(22,23)24/h1-8H,9H2,(H,25,29)(H,26,27). The predicted octanol–water partition coefficient (Wildman–Crippen LogP) is 4.00. The molecular weight excluding hydrogens is 422 g/mol. The molecule has 0 saturated carbocycles. The molecule has 0 saturated heterocycles. The zero-order valence-electron chi connectivity index (χ0n) is 14.7. The number of carbonyl (C=O) groups is 3. The highest BCUT2D eigenvalue weighted by molar-refractivity contribution is 5.98. The molecular formula is C18H12F6N2O4. The van der Waals surface area contributed by atoms with Crippen molar-refractivity contribution in [1.29, 1.82) is 0 Å². The second-order valence-corrected chi connectivity index (χ2v) is 5.70. The van der Waals surface area contributed by atoms with Crippen molar-refractivity contribution in [1.82, 2.24) is 0 Å². The van der Waals surface area contributed by atoms with Gasteiger partial charge in [0.15, 0.2) is 6.61 Å². The van der Waals surface area contributed by atoms with Gasteiger partial charge in [-0.2, -0.15) is 26.3 Å². The number of anilines is 2. The van der Waals surface area contributed by atoms with Crippen molar-refractivity contribution in [2.45, 2.75) is 12.4 Å². The largest absolute Gasteiger partial charge is 0.471 e. The van der Waals surface area contributed by atoms with Crippen molar-refractivity contribution in [3.63, 3.8) is 0 Å². The Morgan fingerprint density at radius 3 is 2.17 bits per heavy atom. The Morgan fingerprint density at radius 2 is 1.53 bits per heavy atom. The van der Waals surface area contributed by atoms with E-state index in [1.807, 2.05) is 5.32 Å². The minimum Gasteiger partial charge on any atom is -0.452 e. The third-order valence-electron chi connectivity index (χ3n) is 3.45. The number of ether oxygens (including phenoxy) is 1. The number of hydrogen-bond donors (Lipinski definition) is 2. The second-order valence-electron chi connectivity index (χ2n) is 5.70. The first-order chi connectivity index (χ1) is 13.9. The molecule has 2 aromatic rings. The van der Waals surface area contributed by atoms with Crippen LogP contribution in [0, 0.1) is 0 Å². The SMILES string of the molecule is O=C(COC(=O)c1cccc(NC(=O)C(F)(F)F)c1)Nc1ccccc1C(F)(F)F. The highest BCUT2D eigenvalue weighted by atomic mass is 19.4. The van der Waals surface area contributed by atoms with Crippen molar-refractivity contribution in [2.75, 3.05) is 17.2 Å². The van der Waals surface area contributed by atoms with Crippen molar-refractivity contribution < 1.29 is 45.5 Å². The van der Waals surface area contributed by atoms with Crippen molar-refractivity contribution in [3.8, 4) is 0 Å². The number of alkyl halides is 6. The molecule has 0 atom stereocenters. The molecule has 2 N–H and O–H groups in total. The monoisotopic (exact) mass is 434 g/mol. The fraction of sp³-hybridized carbons (Fsp3) is 0.167. The van der Waals surface area contributed by atoms with E-state index in [-0.39, 0.29) is 11.3 Å². The average molecular weight is 434 g/mol. The molecule has 2 aromatic carbocycles. The highest BCUT2D eigenvalue weighted by Crippen LogP contribution is 2.34. The third-order valence-corrected chi connectivity index (χ3v) is 3.45. The Hall–Kier alpha value is -3.57. The molecule has 0 bridgehead atoms. The quantitative estimate of drug-likeness (QED) is 0.551. The number of benzene rings is 2. The lowest BCUT2D eigenvalue weighted by atomic mass is 10.1. The predicted molar refractivity (Wildman–Crippen MR) is 91.5 cm³/mol. The number of amides is 2. The lowest BCUT2D eigenvalue weighted by molar-refractivity contribution is -0.167. The first kappa shape index (κ1) is 22.7. The van der Waals surface area contributed by atoms with Gasteiger partial charge in [-0.15, -0.1) is 0 Å². The molecule has 30 heavy (non-hydrogen) atoms. The van der Waals surface area contributed by atoms with Crippen LogP contribution < -0.4 is 10.6 Å². The van der Waals surface area contributed by atoms with E-state index >= 15 is 0 Å². The van der Waals surface area contributed by atoms with Crippen LogP contribution >= 0.6 is 0 Å². The molecule has 6 nitrogen and oxygen atoms in total. The number of para-hydroxylation sites is 1. The van der Waals surface area contributed by atoms with Gasteiger partial charge in [0.25, 0.3) is 5.91 Å². The molecule has 0 heterocycles. The first-order valence-electron chi connectivity index (χ1n) is 7.99. The van der Waals surface area contributed by atoms with E-state index in [1.165, 1.54) is 11.4 Å². The Bertz CT molecular complexity index is 956. The van der Waals surface area contributed by atoms with Gasteiger partial charge in [-0.3, -0.25) is 9.59 Å². The minimum atomic E-state index is -5.14. The van der Waals surface area contributed by atoms with E-state index in [4.69, 9.17) is 0 Å². The molecule has 0 aliphatic heterocycles. The fourth-order valence-corrected chi connectivity index (χ4v) is 2.17. The van der Waals surface area contributed by atoms with Gasteiger partial charge in [-0.25, -0.2) is 4.79 Å². The summed E-state index contributed by atoms with van der Waals surface area (Å²) < 4.78 is 80.1. The molecule has 12 heteroatoms. The first-order valence-corrected chi connectivity index (χ1v) is 7.99. The van der Waals surface area contributed by atoms with Crippen LogP contribution in [0.15, 0.2) is 48.5 Å². The van der Waals surface area contributed by atoms with Crippen molar-refractivity contribution in [3.05, 3.63) is 59.7 Å². The molecule has 0 aliphatic rings. The Labute approximate surface area is 164 Å². The van der Waals surface area contributed by atoms with E-state index in [0.717, 1.165) is 42.5 Å². The maximum Gasteiger partial charge on any atom is 0.471 e. The molecule has 0 spiro atoms. The topological polar surface area (TPSA) is 84.5 Å². The Kier molecular flexibility index (Phi) is 6.70. The van der Waals surface area contributed by atoms with Gasteiger partial charge in [0.05, 0.1) is 16.8 Å². The van der Waals surface area contributed by atoms with Gasteiger partial charge in [0.2, 0.25) is 0 Å². The van der Waals surface area contributed by atoms with E-state index in [2.05, 4.69) is 4.74 Å². The van der Waals surface area contributed by atoms with Gasteiger partial charge in [0.1, 0.15) is 0 Å². The molecule has 0 aromatic heterocycles. The molecule has 0 unspecified atom stereocenters. The lowest BCUT2D eigenvalue weighted by Crippen LogP contribution is -2.30. The second kappa shape index (κ2) is 8.84. The van der Waals surface area contributed by atoms with E-state index < -0.39 is 48.0 Å². The van der Waals surface area contributed by atoms with Crippen LogP contribution in [0.25, 0.3) is 0 Å². The number of halogens is 6. The molecule has 2 rings (SSSR count). The molecule has 2 amide bonds. The molecule has 0 fully saturated rings. The lowest BCUT2D eigenvalue weighted by Gasteiger charge is -2.13. The summed E-state index contributed by atoms with van der Waals surface area (Å²) in [6.45, 7) is -0.954. The van der Waals surface area contributed by atoms with Crippen LogP contribution in [-0.4, -0.2) is 30.6 Å². The van der Waals surface area contributed by atoms with Crippen LogP contribution in [0.1, 0.15) is 15.9 Å². The van der Waals surface area contributed by atoms with Crippen LogP contribution in [0.3, 0.4) is 0 Å². The fourth-order valence-electron chi connectivity index (χ4n) is 2.17. The maximum atomic E-state index is 12.9. The molecule has 0 radical (unpaired) electrons.